The molecule has 0 unspecified atom stereocenters. The van der Waals surface area contributed by atoms with Gasteiger partial charge in [-0.05, 0) is 51.3 Å². The summed E-state index contributed by atoms with van der Waals surface area (Å²) < 4.78 is 17.8. The molecule has 5 nitrogen and oxygen atoms in total. The summed E-state index contributed by atoms with van der Waals surface area (Å²) in [6, 6.07) is 9.50. The van der Waals surface area contributed by atoms with Crippen molar-refractivity contribution in [3.8, 4) is 11.5 Å². The zero-order chi connectivity index (χ0) is 20.6. The quantitative estimate of drug-likeness (QED) is 0.393. The fourth-order valence-corrected chi connectivity index (χ4v) is 4.02. The largest absolute Gasteiger partial charge is 0.493 e. The Balaban J connectivity index is 0.00000240. The van der Waals surface area contributed by atoms with Crippen molar-refractivity contribution in [2.75, 3.05) is 46.5 Å². The van der Waals surface area contributed by atoms with E-state index in [2.05, 4.69) is 32.2 Å². The molecule has 1 saturated heterocycles. The molecule has 0 bridgehead atoms. The van der Waals surface area contributed by atoms with Gasteiger partial charge in [0.1, 0.15) is 6.61 Å². The minimum Gasteiger partial charge on any atom is -0.493 e. The third kappa shape index (κ3) is 8.78. The molecule has 0 amide bonds. The van der Waals surface area contributed by atoms with E-state index >= 15 is 0 Å². The average Bonchev–Trinajstić information content (AvgIpc) is 2.73. The molecule has 3 rings (SSSR count). The van der Waals surface area contributed by atoms with Crippen LogP contribution in [0, 0.1) is 0 Å². The van der Waals surface area contributed by atoms with Crippen LogP contribution in [0.15, 0.2) is 34.8 Å². The molecule has 0 aliphatic carbocycles. The smallest absolute Gasteiger partial charge is 0.175 e. The highest BCUT2D eigenvalue weighted by Gasteiger charge is 2.13. The Kier molecular flexibility index (Phi) is 13.5. The Morgan fingerprint density at radius 1 is 1.06 bits per heavy atom. The highest BCUT2D eigenvalue weighted by Crippen LogP contribution is 2.37. The van der Waals surface area contributed by atoms with E-state index in [1.54, 1.807) is 19.2 Å². The van der Waals surface area contributed by atoms with Crippen LogP contribution >= 0.6 is 63.9 Å². The molecule has 2 aromatic carbocycles. The third-order valence-corrected chi connectivity index (χ3v) is 6.02. The van der Waals surface area contributed by atoms with Gasteiger partial charge in [0.05, 0.1) is 34.8 Å². The average molecular weight is 577 g/mol. The summed E-state index contributed by atoms with van der Waals surface area (Å²) in [5.74, 6) is 1.35. The van der Waals surface area contributed by atoms with Gasteiger partial charge in [-0.2, -0.15) is 0 Å². The summed E-state index contributed by atoms with van der Waals surface area (Å²) in [7, 11) is 1.64. The lowest BCUT2D eigenvalue weighted by atomic mass is 10.2. The van der Waals surface area contributed by atoms with Gasteiger partial charge >= 0.3 is 0 Å². The molecule has 1 heterocycles. The number of hydrogen-bond acceptors (Lipinski definition) is 5. The van der Waals surface area contributed by atoms with Crippen LogP contribution < -0.4 is 14.8 Å². The lowest BCUT2D eigenvalue weighted by molar-refractivity contribution is 0.0384. The predicted octanol–water partition coefficient (Wildman–Crippen LogP) is 5.61. The number of nitrogens with one attached hydrogen (secondary N) is 1. The fraction of sp³-hybridized carbons (Fsp3) is 0.429. The van der Waals surface area contributed by atoms with E-state index in [0.29, 0.717) is 28.2 Å². The van der Waals surface area contributed by atoms with Gasteiger partial charge < -0.3 is 19.5 Å². The first kappa shape index (κ1) is 28.6. The van der Waals surface area contributed by atoms with Crippen molar-refractivity contribution in [3.05, 3.63) is 56.0 Å². The van der Waals surface area contributed by atoms with Crippen molar-refractivity contribution in [2.45, 2.75) is 13.2 Å². The SMILES string of the molecule is COc1cc(CNCCN2CCOCC2)cc(Br)c1OCc1ccc(Cl)c(Cl)c1.Cl.Cl. The summed E-state index contributed by atoms with van der Waals surface area (Å²) in [5, 5.41) is 4.53. The topological polar surface area (TPSA) is 43.0 Å². The van der Waals surface area contributed by atoms with Gasteiger partial charge in [0.2, 0.25) is 0 Å². The van der Waals surface area contributed by atoms with E-state index < -0.39 is 0 Å². The van der Waals surface area contributed by atoms with E-state index in [0.717, 1.165) is 61.5 Å². The van der Waals surface area contributed by atoms with E-state index in [9.17, 15) is 0 Å². The van der Waals surface area contributed by atoms with Gasteiger partial charge in [0.15, 0.2) is 11.5 Å². The van der Waals surface area contributed by atoms with Gasteiger partial charge in [0.25, 0.3) is 0 Å². The van der Waals surface area contributed by atoms with Crippen molar-refractivity contribution in [1.29, 1.82) is 0 Å². The second kappa shape index (κ2) is 14.7. The zero-order valence-electron chi connectivity index (χ0n) is 17.2. The summed E-state index contributed by atoms with van der Waals surface area (Å²) in [4.78, 5) is 2.41. The van der Waals surface area contributed by atoms with Crippen LogP contribution in [0.3, 0.4) is 0 Å². The highest BCUT2D eigenvalue weighted by molar-refractivity contribution is 9.10. The van der Waals surface area contributed by atoms with Crippen LogP contribution in [0.4, 0.5) is 0 Å². The van der Waals surface area contributed by atoms with Crippen LogP contribution in [0.25, 0.3) is 0 Å². The van der Waals surface area contributed by atoms with E-state index in [4.69, 9.17) is 37.4 Å². The number of morpholine rings is 1. The lowest BCUT2D eigenvalue weighted by Crippen LogP contribution is -2.40. The van der Waals surface area contributed by atoms with E-state index in [1.165, 1.54) is 0 Å². The molecule has 0 spiro atoms. The van der Waals surface area contributed by atoms with Gasteiger partial charge in [0, 0.05) is 32.7 Å². The molecule has 1 aliphatic heterocycles. The molecule has 0 saturated carbocycles. The third-order valence-electron chi connectivity index (χ3n) is 4.69. The molecule has 31 heavy (non-hydrogen) atoms. The fourth-order valence-electron chi connectivity index (χ4n) is 3.09. The first-order valence-electron chi connectivity index (χ1n) is 9.51. The Bertz CT molecular complexity index is 823. The van der Waals surface area contributed by atoms with Crippen molar-refractivity contribution in [2.24, 2.45) is 0 Å². The Morgan fingerprint density at radius 3 is 2.48 bits per heavy atom. The van der Waals surface area contributed by atoms with Crippen LogP contribution in [0.2, 0.25) is 10.0 Å². The molecule has 1 aliphatic rings. The molecule has 10 heteroatoms. The highest BCUT2D eigenvalue weighted by atomic mass is 79.9. The summed E-state index contributed by atoms with van der Waals surface area (Å²) in [6.07, 6.45) is 0. The molecular formula is C21H27BrCl4N2O3. The molecule has 0 atom stereocenters. The van der Waals surface area contributed by atoms with Gasteiger partial charge in [-0.15, -0.1) is 24.8 Å². The van der Waals surface area contributed by atoms with Crippen LogP contribution in [-0.4, -0.2) is 51.4 Å². The summed E-state index contributed by atoms with van der Waals surface area (Å²) in [6.45, 7) is 6.73. The Hall–Kier alpha value is -0.440. The van der Waals surface area contributed by atoms with Gasteiger partial charge in [-0.1, -0.05) is 29.3 Å². The van der Waals surface area contributed by atoms with Crippen molar-refractivity contribution in [3.63, 3.8) is 0 Å². The normalized spacial score (nSPS) is 13.8. The Morgan fingerprint density at radius 2 is 1.81 bits per heavy atom. The predicted molar refractivity (Wildman–Crippen MR) is 135 cm³/mol. The number of nitrogens with zero attached hydrogens (tertiary/aromatic N) is 1. The molecule has 1 fully saturated rings. The van der Waals surface area contributed by atoms with Crippen molar-refractivity contribution < 1.29 is 14.2 Å². The number of rotatable bonds is 9. The Labute approximate surface area is 214 Å². The summed E-state index contributed by atoms with van der Waals surface area (Å²) >= 11 is 15.7. The number of ether oxygens (including phenoxy) is 3. The minimum atomic E-state index is 0. The number of benzene rings is 2. The molecule has 2 aromatic rings. The van der Waals surface area contributed by atoms with Gasteiger partial charge in [-0.3, -0.25) is 4.90 Å². The monoisotopic (exact) mass is 574 g/mol. The molecule has 174 valence electrons. The molecule has 0 aromatic heterocycles. The first-order valence-corrected chi connectivity index (χ1v) is 11.1. The molecule has 0 radical (unpaired) electrons. The minimum absolute atomic E-state index is 0. The maximum Gasteiger partial charge on any atom is 0.175 e. The zero-order valence-corrected chi connectivity index (χ0v) is 21.9. The van der Waals surface area contributed by atoms with Crippen molar-refractivity contribution >= 4 is 63.9 Å². The second-order valence-electron chi connectivity index (χ2n) is 6.78. The number of hydrogen-bond donors (Lipinski definition) is 1. The molecular weight excluding hydrogens is 550 g/mol. The standard InChI is InChI=1S/C21H25BrCl2N2O3.2ClH/c1-27-20-12-16(13-25-4-5-26-6-8-28-9-7-26)10-17(22)21(20)29-14-15-2-3-18(23)19(24)11-15;;/h2-3,10-12,25H,4-9,13-14H2,1H3;2*1H. The van der Waals surface area contributed by atoms with Crippen LogP contribution in [-0.2, 0) is 17.9 Å². The van der Waals surface area contributed by atoms with Crippen molar-refractivity contribution in [1.82, 2.24) is 10.2 Å². The summed E-state index contributed by atoms with van der Waals surface area (Å²) in [5.41, 5.74) is 2.06. The van der Waals surface area contributed by atoms with Crippen LogP contribution in [0.5, 0.6) is 11.5 Å². The maximum absolute atomic E-state index is 6.08. The second-order valence-corrected chi connectivity index (χ2v) is 8.45. The number of halogens is 5. The molecule has 1 N–H and O–H groups in total. The lowest BCUT2D eigenvalue weighted by Gasteiger charge is -2.26. The van der Waals surface area contributed by atoms with E-state index in [-0.39, 0.29) is 24.8 Å². The van der Waals surface area contributed by atoms with E-state index in [1.807, 2.05) is 12.1 Å². The van der Waals surface area contributed by atoms with Crippen LogP contribution in [0.1, 0.15) is 11.1 Å². The van der Waals surface area contributed by atoms with Gasteiger partial charge in [-0.25, -0.2) is 0 Å². The first-order chi connectivity index (χ1) is 14.1. The maximum atomic E-state index is 6.08. The number of methoxy groups -OCH3 is 1.